The highest BCUT2D eigenvalue weighted by atomic mass is 16.1. The molecule has 1 aliphatic carbocycles. The number of rotatable bonds is 1. The summed E-state index contributed by atoms with van der Waals surface area (Å²) in [6, 6.07) is 1.46. The molecule has 1 atom stereocenters. The van der Waals surface area contributed by atoms with Crippen molar-refractivity contribution in [3.8, 4) is 0 Å². The minimum absolute atomic E-state index is 0.478. The molecule has 0 N–H and O–H groups in total. The van der Waals surface area contributed by atoms with Gasteiger partial charge in [-0.3, -0.25) is 9.69 Å². The number of carbonyl (C=O) groups is 1. The smallest absolute Gasteiger partial charge is 0.133 e. The lowest BCUT2D eigenvalue weighted by Gasteiger charge is -2.41. The Morgan fingerprint density at radius 1 is 1.14 bits per heavy atom. The van der Waals surface area contributed by atoms with E-state index >= 15 is 0 Å². The van der Waals surface area contributed by atoms with Crippen molar-refractivity contribution in [1.82, 2.24) is 4.90 Å². The zero-order chi connectivity index (χ0) is 9.97. The number of nitrogens with zero attached hydrogens (tertiary/aromatic N) is 1. The van der Waals surface area contributed by atoms with Crippen LogP contribution in [-0.4, -0.2) is 29.3 Å². The molecule has 0 radical (unpaired) electrons. The van der Waals surface area contributed by atoms with Crippen LogP contribution in [0.1, 0.15) is 51.9 Å². The zero-order valence-corrected chi connectivity index (χ0v) is 9.17. The van der Waals surface area contributed by atoms with Gasteiger partial charge in [0, 0.05) is 24.9 Å². The normalized spacial score (nSPS) is 32.1. The van der Waals surface area contributed by atoms with Gasteiger partial charge in [0.25, 0.3) is 0 Å². The quantitative estimate of drug-likeness (QED) is 0.640. The molecular weight excluding hydrogens is 174 g/mol. The fraction of sp³-hybridized carbons (Fsp3) is 0.917. The van der Waals surface area contributed by atoms with E-state index in [4.69, 9.17) is 0 Å². The van der Waals surface area contributed by atoms with E-state index < -0.39 is 0 Å². The molecule has 1 aliphatic heterocycles. The summed E-state index contributed by atoms with van der Waals surface area (Å²) in [7, 11) is 0. The number of Topliss-reactive ketones (excluding diaryl/α,β-unsaturated/α-hetero) is 1. The van der Waals surface area contributed by atoms with Crippen LogP contribution in [0, 0.1) is 0 Å². The van der Waals surface area contributed by atoms with Crippen molar-refractivity contribution in [2.24, 2.45) is 0 Å². The molecule has 1 saturated heterocycles. The van der Waals surface area contributed by atoms with Gasteiger partial charge in [-0.25, -0.2) is 0 Å². The second-order valence-corrected chi connectivity index (χ2v) is 4.85. The highest BCUT2D eigenvalue weighted by Gasteiger charge is 2.28. The van der Waals surface area contributed by atoms with Crippen molar-refractivity contribution in [3.05, 3.63) is 0 Å². The Bertz CT molecular complexity index is 204. The predicted octanol–water partition coefficient (Wildman–Crippen LogP) is 2.37. The Hall–Kier alpha value is -0.370. The fourth-order valence-corrected chi connectivity index (χ4v) is 2.92. The van der Waals surface area contributed by atoms with Gasteiger partial charge < -0.3 is 0 Å². The summed E-state index contributed by atoms with van der Waals surface area (Å²) in [5.74, 6) is 0.478. The van der Waals surface area contributed by atoms with Crippen LogP contribution in [0.4, 0.5) is 0 Å². The molecule has 2 rings (SSSR count). The molecule has 1 saturated carbocycles. The van der Waals surface area contributed by atoms with Crippen molar-refractivity contribution in [2.75, 3.05) is 6.54 Å². The molecule has 1 heterocycles. The van der Waals surface area contributed by atoms with Gasteiger partial charge in [0.1, 0.15) is 5.78 Å². The van der Waals surface area contributed by atoms with Gasteiger partial charge in [0.15, 0.2) is 0 Å². The molecule has 2 heteroatoms. The molecule has 2 aliphatic rings. The van der Waals surface area contributed by atoms with Gasteiger partial charge in [-0.1, -0.05) is 6.42 Å². The standard InChI is InChI=1S/C12H21NO/c1-10-4-2-3-9-13(10)11-5-7-12(14)8-6-11/h10-11H,2-9H2,1H3. The lowest BCUT2D eigenvalue weighted by Crippen LogP contribution is -2.46. The highest BCUT2D eigenvalue weighted by Crippen LogP contribution is 2.26. The van der Waals surface area contributed by atoms with Gasteiger partial charge in [-0.2, -0.15) is 0 Å². The summed E-state index contributed by atoms with van der Waals surface area (Å²) < 4.78 is 0. The molecule has 0 spiro atoms. The summed E-state index contributed by atoms with van der Waals surface area (Å²) in [6.45, 7) is 3.61. The number of likely N-dealkylation sites (tertiary alicyclic amines) is 1. The molecule has 14 heavy (non-hydrogen) atoms. The average Bonchev–Trinajstić information content (AvgIpc) is 2.20. The number of carbonyl (C=O) groups excluding carboxylic acids is 1. The van der Waals surface area contributed by atoms with E-state index in [9.17, 15) is 4.79 Å². The summed E-state index contributed by atoms with van der Waals surface area (Å²) in [5, 5.41) is 0. The molecular formula is C12H21NO. The fourth-order valence-electron chi connectivity index (χ4n) is 2.92. The lowest BCUT2D eigenvalue weighted by molar-refractivity contribution is -0.121. The van der Waals surface area contributed by atoms with E-state index in [0.717, 1.165) is 31.7 Å². The first kappa shape index (κ1) is 10.2. The third kappa shape index (κ3) is 2.17. The monoisotopic (exact) mass is 195 g/mol. The summed E-state index contributed by atoms with van der Waals surface area (Å²) >= 11 is 0. The number of hydrogen-bond donors (Lipinski definition) is 0. The van der Waals surface area contributed by atoms with Crippen LogP contribution in [0.25, 0.3) is 0 Å². The first-order chi connectivity index (χ1) is 6.77. The number of piperidine rings is 1. The molecule has 0 aromatic carbocycles. The lowest BCUT2D eigenvalue weighted by atomic mass is 9.90. The predicted molar refractivity (Wildman–Crippen MR) is 57.3 cm³/mol. The molecule has 1 unspecified atom stereocenters. The Labute approximate surface area is 86.7 Å². The van der Waals surface area contributed by atoms with Crippen LogP contribution in [0.3, 0.4) is 0 Å². The third-order valence-electron chi connectivity index (χ3n) is 3.84. The van der Waals surface area contributed by atoms with E-state index in [2.05, 4.69) is 11.8 Å². The molecule has 2 fully saturated rings. The van der Waals surface area contributed by atoms with Gasteiger partial charge >= 0.3 is 0 Å². The van der Waals surface area contributed by atoms with Crippen molar-refractivity contribution >= 4 is 5.78 Å². The van der Waals surface area contributed by atoms with Crippen LogP contribution in [0.2, 0.25) is 0 Å². The summed E-state index contributed by atoms with van der Waals surface area (Å²) in [4.78, 5) is 13.8. The number of ketones is 1. The maximum absolute atomic E-state index is 11.2. The highest BCUT2D eigenvalue weighted by molar-refractivity contribution is 5.79. The van der Waals surface area contributed by atoms with E-state index in [1.165, 1.54) is 25.8 Å². The van der Waals surface area contributed by atoms with Gasteiger partial charge in [-0.05, 0) is 39.2 Å². The molecule has 0 aromatic heterocycles. The third-order valence-corrected chi connectivity index (χ3v) is 3.84. The minimum atomic E-state index is 0.478. The topological polar surface area (TPSA) is 20.3 Å². The summed E-state index contributed by atoms with van der Waals surface area (Å²) in [6.07, 6.45) is 7.98. The average molecular weight is 195 g/mol. The second-order valence-electron chi connectivity index (χ2n) is 4.85. The molecule has 2 nitrogen and oxygen atoms in total. The first-order valence-corrected chi connectivity index (χ1v) is 6.05. The maximum atomic E-state index is 11.2. The van der Waals surface area contributed by atoms with Crippen molar-refractivity contribution in [1.29, 1.82) is 0 Å². The van der Waals surface area contributed by atoms with Crippen LogP contribution in [-0.2, 0) is 4.79 Å². The van der Waals surface area contributed by atoms with Gasteiger partial charge in [0.2, 0.25) is 0 Å². The largest absolute Gasteiger partial charge is 0.300 e. The van der Waals surface area contributed by atoms with E-state index in [1.54, 1.807) is 0 Å². The van der Waals surface area contributed by atoms with Crippen molar-refractivity contribution in [3.63, 3.8) is 0 Å². The molecule has 0 aromatic rings. The zero-order valence-electron chi connectivity index (χ0n) is 9.17. The summed E-state index contributed by atoms with van der Waals surface area (Å²) in [5.41, 5.74) is 0. The van der Waals surface area contributed by atoms with E-state index in [1.807, 2.05) is 0 Å². The molecule has 0 amide bonds. The molecule has 80 valence electrons. The van der Waals surface area contributed by atoms with Crippen molar-refractivity contribution in [2.45, 2.75) is 64.0 Å². The van der Waals surface area contributed by atoms with E-state index in [0.29, 0.717) is 11.8 Å². The Kier molecular flexibility index (Phi) is 3.22. The van der Waals surface area contributed by atoms with Crippen LogP contribution < -0.4 is 0 Å². The minimum Gasteiger partial charge on any atom is -0.300 e. The Balaban J connectivity index is 1.90. The Morgan fingerprint density at radius 3 is 2.50 bits per heavy atom. The van der Waals surface area contributed by atoms with Crippen LogP contribution in [0.15, 0.2) is 0 Å². The van der Waals surface area contributed by atoms with E-state index in [-0.39, 0.29) is 0 Å². The van der Waals surface area contributed by atoms with Crippen LogP contribution in [0.5, 0.6) is 0 Å². The number of hydrogen-bond acceptors (Lipinski definition) is 2. The maximum Gasteiger partial charge on any atom is 0.133 e. The van der Waals surface area contributed by atoms with Crippen molar-refractivity contribution < 1.29 is 4.79 Å². The molecule has 0 bridgehead atoms. The first-order valence-electron chi connectivity index (χ1n) is 6.05. The van der Waals surface area contributed by atoms with Gasteiger partial charge in [0.05, 0.1) is 0 Å². The Morgan fingerprint density at radius 2 is 1.86 bits per heavy atom. The SMILES string of the molecule is CC1CCCCN1C1CCC(=O)CC1. The van der Waals surface area contributed by atoms with Gasteiger partial charge in [-0.15, -0.1) is 0 Å². The van der Waals surface area contributed by atoms with Crippen LogP contribution >= 0.6 is 0 Å². The second kappa shape index (κ2) is 4.43.